The van der Waals surface area contributed by atoms with Gasteiger partial charge in [0.05, 0.1) is 0 Å². The van der Waals surface area contributed by atoms with Gasteiger partial charge >= 0.3 is 0 Å². The molecule has 0 radical (unpaired) electrons. The lowest BCUT2D eigenvalue weighted by atomic mass is 9.96. The van der Waals surface area contributed by atoms with Crippen molar-refractivity contribution in [3.05, 3.63) is 0 Å². The third-order valence-electron chi connectivity index (χ3n) is 3.77. The van der Waals surface area contributed by atoms with Gasteiger partial charge in [-0.05, 0) is 37.9 Å². The molecule has 1 aliphatic carbocycles. The predicted octanol–water partition coefficient (Wildman–Crippen LogP) is 1.14. The van der Waals surface area contributed by atoms with Gasteiger partial charge in [-0.2, -0.15) is 0 Å². The second-order valence-corrected chi connectivity index (χ2v) is 5.42. The highest BCUT2D eigenvalue weighted by atomic mass is 32.1. The van der Waals surface area contributed by atoms with Crippen molar-refractivity contribution < 1.29 is 4.79 Å². The quantitative estimate of drug-likeness (QED) is 0.727. The van der Waals surface area contributed by atoms with Crippen LogP contribution in [0.15, 0.2) is 0 Å². The zero-order chi connectivity index (χ0) is 12.3. The molecule has 2 fully saturated rings. The molecule has 2 aliphatic rings. The second kappa shape index (κ2) is 5.67. The summed E-state index contributed by atoms with van der Waals surface area (Å²) >= 11 is 5.40. The minimum Gasteiger partial charge on any atom is -0.368 e. The standard InChI is InChI=1S/C12H21N3OS/c13-11(16)10-7-4-8-15(10)12(17)14-9-5-2-1-3-6-9/h9-10H,1-8H2,(H2,13,16)(H,14,17)/t10-/m1/s1. The zero-order valence-electron chi connectivity index (χ0n) is 10.2. The van der Waals surface area contributed by atoms with Gasteiger partial charge in [0, 0.05) is 12.6 Å². The number of thiocarbonyl (C=S) groups is 1. The number of likely N-dealkylation sites (tertiary alicyclic amines) is 1. The molecule has 0 spiro atoms. The molecule has 1 amide bonds. The highest BCUT2D eigenvalue weighted by molar-refractivity contribution is 7.80. The van der Waals surface area contributed by atoms with E-state index in [2.05, 4.69) is 5.32 Å². The number of carbonyl (C=O) groups excluding carboxylic acids is 1. The monoisotopic (exact) mass is 255 g/mol. The Morgan fingerprint density at radius 1 is 1.18 bits per heavy atom. The summed E-state index contributed by atoms with van der Waals surface area (Å²) in [5.41, 5.74) is 5.39. The van der Waals surface area contributed by atoms with E-state index in [9.17, 15) is 4.79 Å². The molecule has 1 aliphatic heterocycles. The average molecular weight is 255 g/mol. The molecular weight excluding hydrogens is 234 g/mol. The summed E-state index contributed by atoms with van der Waals surface area (Å²) in [5, 5.41) is 4.12. The van der Waals surface area contributed by atoms with Gasteiger partial charge in [0.1, 0.15) is 6.04 Å². The molecule has 1 heterocycles. The van der Waals surface area contributed by atoms with Crippen molar-refractivity contribution in [2.24, 2.45) is 5.73 Å². The summed E-state index contributed by atoms with van der Waals surface area (Å²) in [4.78, 5) is 13.3. The zero-order valence-corrected chi connectivity index (χ0v) is 11.0. The number of nitrogens with zero attached hydrogens (tertiary/aromatic N) is 1. The first-order chi connectivity index (χ1) is 8.18. The van der Waals surface area contributed by atoms with Crippen LogP contribution < -0.4 is 11.1 Å². The van der Waals surface area contributed by atoms with Crippen LogP contribution in [0.3, 0.4) is 0 Å². The third-order valence-corrected chi connectivity index (χ3v) is 4.13. The Bertz CT molecular complexity index is 302. The number of nitrogens with two attached hydrogens (primary N) is 1. The fourth-order valence-electron chi connectivity index (χ4n) is 2.81. The molecule has 0 aromatic carbocycles. The van der Waals surface area contributed by atoms with Gasteiger partial charge in [0.25, 0.3) is 0 Å². The summed E-state index contributed by atoms with van der Waals surface area (Å²) < 4.78 is 0. The maximum absolute atomic E-state index is 11.3. The van der Waals surface area contributed by atoms with E-state index in [1.165, 1.54) is 32.1 Å². The SMILES string of the molecule is NC(=O)[C@H]1CCCN1C(=S)NC1CCCCC1. The van der Waals surface area contributed by atoms with Crippen LogP contribution in [0.4, 0.5) is 0 Å². The van der Waals surface area contributed by atoms with E-state index in [1.54, 1.807) is 0 Å². The second-order valence-electron chi connectivity index (χ2n) is 5.04. The Balaban J connectivity index is 1.88. The van der Waals surface area contributed by atoms with Crippen LogP contribution in [0.1, 0.15) is 44.9 Å². The van der Waals surface area contributed by atoms with E-state index < -0.39 is 0 Å². The molecule has 1 saturated heterocycles. The van der Waals surface area contributed by atoms with Crippen molar-refractivity contribution >= 4 is 23.2 Å². The molecule has 17 heavy (non-hydrogen) atoms. The Morgan fingerprint density at radius 2 is 1.88 bits per heavy atom. The van der Waals surface area contributed by atoms with Gasteiger partial charge in [-0.25, -0.2) is 0 Å². The lowest BCUT2D eigenvalue weighted by molar-refractivity contribution is -0.121. The van der Waals surface area contributed by atoms with Crippen molar-refractivity contribution in [2.75, 3.05) is 6.54 Å². The molecule has 1 saturated carbocycles. The van der Waals surface area contributed by atoms with E-state index >= 15 is 0 Å². The Morgan fingerprint density at radius 3 is 2.53 bits per heavy atom. The van der Waals surface area contributed by atoms with E-state index in [-0.39, 0.29) is 11.9 Å². The molecule has 0 unspecified atom stereocenters. The first-order valence-electron chi connectivity index (χ1n) is 6.55. The summed E-state index contributed by atoms with van der Waals surface area (Å²) in [6.07, 6.45) is 8.10. The summed E-state index contributed by atoms with van der Waals surface area (Å²) in [6, 6.07) is 0.295. The summed E-state index contributed by atoms with van der Waals surface area (Å²) in [6.45, 7) is 0.853. The fraction of sp³-hybridized carbons (Fsp3) is 0.833. The number of amides is 1. The maximum Gasteiger partial charge on any atom is 0.240 e. The first kappa shape index (κ1) is 12.6. The van der Waals surface area contributed by atoms with Gasteiger partial charge in [-0.3, -0.25) is 4.79 Å². The van der Waals surface area contributed by atoms with Gasteiger partial charge < -0.3 is 16.0 Å². The lowest BCUT2D eigenvalue weighted by Crippen LogP contribution is -2.50. The van der Waals surface area contributed by atoms with Crippen LogP contribution >= 0.6 is 12.2 Å². The minimum atomic E-state index is -0.254. The molecular formula is C12H21N3OS. The van der Waals surface area contributed by atoms with Gasteiger partial charge in [0.2, 0.25) is 5.91 Å². The Kier molecular flexibility index (Phi) is 4.20. The minimum absolute atomic E-state index is 0.196. The predicted molar refractivity (Wildman–Crippen MR) is 71.5 cm³/mol. The molecule has 4 nitrogen and oxygen atoms in total. The molecule has 5 heteroatoms. The van der Waals surface area contributed by atoms with Gasteiger partial charge in [0.15, 0.2) is 5.11 Å². The van der Waals surface area contributed by atoms with Crippen LogP contribution in [0.5, 0.6) is 0 Å². The average Bonchev–Trinajstić information content (AvgIpc) is 2.79. The molecule has 96 valence electrons. The lowest BCUT2D eigenvalue weighted by Gasteiger charge is -2.30. The molecule has 1 atom stereocenters. The van der Waals surface area contributed by atoms with Crippen molar-refractivity contribution in [3.8, 4) is 0 Å². The van der Waals surface area contributed by atoms with Crippen LogP contribution in [0, 0.1) is 0 Å². The largest absolute Gasteiger partial charge is 0.368 e. The maximum atomic E-state index is 11.3. The third kappa shape index (κ3) is 3.09. The van der Waals surface area contributed by atoms with Gasteiger partial charge in [-0.15, -0.1) is 0 Å². The van der Waals surface area contributed by atoms with E-state index in [4.69, 9.17) is 18.0 Å². The number of hydrogen-bond acceptors (Lipinski definition) is 2. The summed E-state index contributed by atoms with van der Waals surface area (Å²) in [7, 11) is 0. The molecule has 0 bridgehead atoms. The van der Waals surface area contributed by atoms with Crippen LogP contribution in [0.2, 0.25) is 0 Å². The normalized spacial score (nSPS) is 25.9. The van der Waals surface area contributed by atoms with E-state index in [0.717, 1.165) is 24.5 Å². The topological polar surface area (TPSA) is 58.4 Å². The van der Waals surface area contributed by atoms with Crippen molar-refractivity contribution in [1.82, 2.24) is 10.2 Å². The highest BCUT2D eigenvalue weighted by Crippen LogP contribution is 2.20. The number of nitrogens with one attached hydrogen (secondary N) is 1. The number of primary amides is 1. The molecule has 0 aromatic heterocycles. The first-order valence-corrected chi connectivity index (χ1v) is 6.96. The van der Waals surface area contributed by atoms with Gasteiger partial charge in [-0.1, -0.05) is 19.3 Å². The molecule has 3 N–H and O–H groups in total. The van der Waals surface area contributed by atoms with E-state index in [1.807, 2.05) is 4.90 Å². The van der Waals surface area contributed by atoms with Crippen molar-refractivity contribution in [2.45, 2.75) is 57.0 Å². The van der Waals surface area contributed by atoms with Crippen LogP contribution in [-0.4, -0.2) is 34.5 Å². The Hall–Kier alpha value is -0.840. The Labute approximate surface area is 108 Å². The van der Waals surface area contributed by atoms with Crippen molar-refractivity contribution in [1.29, 1.82) is 0 Å². The summed E-state index contributed by atoms with van der Waals surface area (Å²) in [5.74, 6) is -0.254. The molecule has 0 aromatic rings. The molecule has 2 rings (SSSR count). The van der Waals surface area contributed by atoms with E-state index in [0.29, 0.717) is 6.04 Å². The smallest absolute Gasteiger partial charge is 0.240 e. The number of rotatable bonds is 2. The van der Waals surface area contributed by atoms with Crippen LogP contribution in [-0.2, 0) is 4.79 Å². The highest BCUT2D eigenvalue weighted by Gasteiger charge is 2.31. The number of hydrogen-bond donors (Lipinski definition) is 2. The van der Waals surface area contributed by atoms with Crippen molar-refractivity contribution in [3.63, 3.8) is 0 Å². The number of carbonyl (C=O) groups is 1. The van der Waals surface area contributed by atoms with Crippen LogP contribution in [0.25, 0.3) is 0 Å². The fourth-order valence-corrected chi connectivity index (χ4v) is 3.20.